The van der Waals surface area contributed by atoms with Gasteiger partial charge < -0.3 is 24.5 Å². The van der Waals surface area contributed by atoms with Crippen LogP contribution in [0.4, 0.5) is 5.95 Å². The number of pyridine rings is 1. The van der Waals surface area contributed by atoms with Crippen LogP contribution in [-0.2, 0) is 16.0 Å². The van der Waals surface area contributed by atoms with Gasteiger partial charge in [0, 0.05) is 53.5 Å². The summed E-state index contributed by atoms with van der Waals surface area (Å²) in [6.07, 6.45) is 1.59. The number of ether oxygens (including phenoxy) is 2. The Bertz CT molecular complexity index is 1400. The van der Waals surface area contributed by atoms with Crippen molar-refractivity contribution in [1.29, 1.82) is 0 Å². The number of hydrogen-bond donors (Lipinski definition) is 2. The normalized spacial score (nSPS) is 24.4. The number of aliphatic hydroxyl groups is 1. The maximum Gasteiger partial charge on any atom is 0.223 e. The summed E-state index contributed by atoms with van der Waals surface area (Å²) in [5.74, 6) is 0.390. The number of nitrogens with one attached hydrogen (secondary N) is 1. The van der Waals surface area contributed by atoms with Gasteiger partial charge in [-0.05, 0) is 53.2 Å². The van der Waals surface area contributed by atoms with Crippen LogP contribution in [0.25, 0.3) is 22.2 Å². The molecule has 2 saturated heterocycles. The molecule has 5 rings (SSSR count). The van der Waals surface area contributed by atoms with Gasteiger partial charge in [-0.2, -0.15) is 0 Å². The summed E-state index contributed by atoms with van der Waals surface area (Å²) in [6.45, 7) is 13.4. The monoisotopic (exact) mass is 555 g/mol. The largest absolute Gasteiger partial charge is 0.389 e. The Morgan fingerprint density at radius 3 is 2.62 bits per heavy atom. The molecule has 2 N–H and O–H groups in total. The summed E-state index contributed by atoms with van der Waals surface area (Å²) in [6, 6.07) is 6.20. The molecule has 39 heavy (non-hydrogen) atoms. The molecule has 2 aliphatic rings. The van der Waals surface area contributed by atoms with Crippen molar-refractivity contribution in [2.45, 2.75) is 77.9 Å². The second kappa shape index (κ2) is 11.5. The minimum atomic E-state index is -0.638. The molecule has 0 saturated carbocycles. The predicted molar refractivity (Wildman–Crippen MR) is 154 cm³/mol. The molecular formula is C29H38ClN5O4. The van der Waals surface area contributed by atoms with Crippen LogP contribution < -0.4 is 10.7 Å². The number of fused-ring (bicyclic) bond motifs is 1. The summed E-state index contributed by atoms with van der Waals surface area (Å²) in [5.41, 5.74) is 4.05. The number of morpholine rings is 1. The molecule has 3 aromatic rings. The van der Waals surface area contributed by atoms with Crippen molar-refractivity contribution in [3.8, 4) is 11.3 Å². The van der Waals surface area contributed by atoms with Crippen LogP contribution in [-0.4, -0.2) is 75.2 Å². The number of aliphatic hydroxyl groups excluding tert-OH is 1. The van der Waals surface area contributed by atoms with Crippen LogP contribution in [0.2, 0.25) is 5.02 Å². The minimum Gasteiger partial charge on any atom is -0.389 e. The predicted octanol–water partition coefficient (Wildman–Crippen LogP) is 4.17. The Balaban J connectivity index is 1.59. The Hall–Kier alpha value is -2.56. The SMILES string of the molecule is Cc1c(CN2[C@@H](C)COC[C@@H]2C)n(C(C)C)c2cc(-c3nc(N[C@@H]4CCOC[C@H]4O)ncc3Cl)ccc2c1=O. The second-order valence-electron chi connectivity index (χ2n) is 11.1. The fraction of sp³-hybridized carbons (Fsp3) is 0.552. The summed E-state index contributed by atoms with van der Waals surface area (Å²) in [4.78, 5) is 25.1. The molecule has 4 heterocycles. The highest BCUT2D eigenvalue weighted by Gasteiger charge is 2.28. The fourth-order valence-electron chi connectivity index (χ4n) is 5.73. The lowest BCUT2D eigenvalue weighted by atomic mass is 10.0. The van der Waals surface area contributed by atoms with Gasteiger partial charge in [-0.25, -0.2) is 9.97 Å². The van der Waals surface area contributed by atoms with Gasteiger partial charge in [-0.3, -0.25) is 9.69 Å². The van der Waals surface area contributed by atoms with E-state index in [0.717, 1.165) is 22.3 Å². The van der Waals surface area contributed by atoms with E-state index in [1.165, 1.54) is 0 Å². The third kappa shape index (κ3) is 5.56. The van der Waals surface area contributed by atoms with Gasteiger partial charge in [0.2, 0.25) is 5.95 Å². The van der Waals surface area contributed by atoms with Crippen LogP contribution in [0.3, 0.4) is 0 Å². The lowest BCUT2D eigenvalue weighted by molar-refractivity contribution is -0.0420. The standard InChI is InChI=1S/C29H38ClN5O4/c1-16(2)35-24-10-20(27-22(30)11-31-29(33-27)32-23-8-9-38-15-26(23)36)6-7-21(24)28(37)19(5)25(35)12-34-17(3)13-39-14-18(34)4/h6-7,10-11,16-18,23,26,36H,8-9,12-15H2,1-5H3,(H,31,32,33)/t17-,18-,23+,26+/m0/s1. The van der Waals surface area contributed by atoms with Gasteiger partial charge in [0.15, 0.2) is 5.43 Å². The highest BCUT2D eigenvalue weighted by atomic mass is 35.5. The fourth-order valence-corrected chi connectivity index (χ4v) is 5.93. The first kappa shape index (κ1) is 28.0. The van der Waals surface area contributed by atoms with E-state index in [9.17, 15) is 9.90 Å². The van der Waals surface area contributed by atoms with E-state index in [2.05, 4.69) is 47.5 Å². The number of halogens is 1. The van der Waals surface area contributed by atoms with Gasteiger partial charge in [0.1, 0.15) is 0 Å². The summed E-state index contributed by atoms with van der Waals surface area (Å²) in [7, 11) is 0. The molecule has 2 fully saturated rings. The second-order valence-corrected chi connectivity index (χ2v) is 11.5. The van der Waals surface area contributed by atoms with Crippen molar-refractivity contribution >= 4 is 28.5 Å². The van der Waals surface area contributed by atoms with Crippen LogP contribution in [0.1, 0.15) is 51.4 Å². The van der Waals surface area contributed by atoms with Crippen LogP contribution >= 0.6 is 11.6 Å². The van der Waals surface area contributed by atoms with E-state index >= 15 is 0 Å². The Morgan fingerprint density at radius 2 is 1.92 bits per heavy atom. The number of aromatic nitrogens is 3. The third-order valence-electron chi connectivity index (χ3n) is 7.92. The number of rotatable bonds is 6. The molecule has 2 aliphatic heterocycles. The Labute approximate surface area is 234 Å². The number of nitrogens with zero attached hydrogens (tertiary/aromatic N) is 4. The molecule has 0 spiro atoms. The molecular weight excluding hydrogens is 518 g/mol. The smallest absolute Gasteiger partial charge is 0.223 e. The molecule has 1 aromatic carbocycles. The van der Waals surface area contributed by atoms with Gasteiger partial charge in [0.05, 0.1) is 54.4 Å². The number of hydrogen-bond acceptors (Lipinski definition) is 8. The van der Waals surface area contributed by atoms with Crippen LogP contribution in [0, 0.1) is 6.92 Å². The molecule has 0 unspecified atom stereocenters. The van der Waals surface area contributed by atoms with Crippen molar-refractivity contribution in [3.05, 3.63) is 50.9 Å². The average Bonchev–Trinajstić information content (AvgIpc) is 2.91. The Kier molecular flexibility index (Phi) is 8.26. The van der Waals surface area contributed by atoms with E-state index < -0.39 is 6.10 Å². The molecule has 0 bridgehead atoms. The van der Waals surface area contributed by atoms with Crippen molar-refractivity contribution in [3.63, 3.8) is 0 Å². The molecule has 10 heteroatoms. The van der Waals surface area contributed by atoms with Crippen molar-refractivity contribution in [2.24, 2.45) is 0 Å². The molecule has 210 valence electrons. The van der Waals surface area contributed by atoms with Crippen LogP contribution in [0.5, 0.6) is 0 Å². The first-order chi connectivity index (χ1) is 18.7. The summed E-state index contributed by atoms with van der Waals surface area (Å²) in [5, 5.41) is 14.6. The summed E-state index contributed by atoms with van der Waals surface area (Å²) < 4.78 is 13.3. The third-order valence-corrected chi connectivity index (χ3v) is 8.20. The number of anilines is 1. The van der Waals surface area contributed by atoms with Crippen molar-refractivity contribution in [2.75, 3.05) is 31.7 Å². The zero-order valence-electron chi connectivity index (χ0n) is 23.3. The highest BCUT2D eigenvalue weighted by molar-refractivity contribution is 6.33. The van der Waals surface area contributed by atoms with Crippen molar-refractivity contribution in [1.82, 2.24) is 19.4 Å². The minimum absolute atomic E-state index is 0.0432. The molecule has 2 aromatic heterocycles. The van der Waals surface area contributed by atoms with E-state index in [1.54, 1.807) is 6.20 Å². The Morgan fingerprint density at radius 1 is 1.18 bits per heavy atom. The summed E-state index contributed by atoms with van der Waals surface area (Å²) >= 11 is 6.60. The van der Waals surface area contributed by atoms with E-state index in [4.69, 9.17) is 26.1 Å². The quantitative estimate of drug-likeness (QED) is 0.467. The van der Waals surface area contributed by atoms with Gasteiger partial charge in [-0.15, -0.1) is 0 Å². The van der Waals surface area contributed by atoms with E-state index in [0.29, 0.717) is 54.8 Å². The lowest BCUT2D eigenvalue weighted by Crippen LogP contribution is -2.49. The average molecular weight is 556 g/mol. The van der Waals surface area contributed by atoms with Gasteiger partial charge in [0.25, 0.3) is 0 Å². The van der Waals surface area contributed by atoms with Crippen molar-refractivity contribution < 1.29 is 14.6 Å². The molecule has 0 amide bonds. The van der Waals surface area contributed by atoms with E-state index in [1.807, 2.05) is 25.1 Å². The zero-order valence-corrected chi connectivity index (χ0v) is 24.0. The lowest BCUT2D eigenvalue weighted by Gasteiger charge is -2.39. The van der Waals surface area contributed by atoms with E-state index in [-0.39, 0.29) is 36.2 Å². The van der Waals surface area contributed by atoms with Crippen LogP contribution in [0.15, 0.2) is 29.2 Å². The molecule has 0 radical (unpaired) electrons. The van der Waals surface area contributed by atoms with Gasteiger partial charge >= 0.3 is 0 Å². The van der Waals surface area contributed by atoms with Gasteiger partial charge in [-0.1, -0.05) is 17.7 Å². The maximum atomic E-state index is 13.6. The first-order valence-corrected chi connectivity index (χ1v) is 14.1. The molecule has 9 nitrogen and oxygen atoms in total. The zero-order chi connectivity index (χ0) is 27.8. The molecule has 0 aliphatic carbocycles. The topological polar surface area (TPSA) is 102 Å². The first-order valence-electron chi connectivity index (χ1n) is 13.7. The highest BCUT2D eigenvalue weighted by Crippen LogP contribution is 2.31. The maximum absolute atomic E-state index is 13.6. The molecule has 4 atom stereocenters. The number of benzene rings is 1.